The molecule has 1 aromatic rings. The first-order valence-corrected chi connectivity index (χ1v) is 4.47. The predicted octanol–water partition coefficient (Wildman–Crippen LogP) is 1.46. The molecule has 0 amide bonds. The minimum absolute atomic E-state index is 0.307. The van der Waals surface area contributed by atoms with Crippen molar-refractivity contribution in [3.8, 4) is 5.75 Å². The Kier molecular flexibility index (Phi) is 3.58. The van der Waals surface area contributed by atoms with Gasteiger partial charge in [0.25, 0.3) is 0 Å². The number of benzene rings is 1. The first-order valence-electron chi connectivity index (χ1n) is 4.47. The second-order valence-electron chi connectivity index (χ2n) is 3.07. The van der Waals surface area contributed by atoms with Gasteiger partial charge in [0, 0.05) is 12.2 Å². The summed E-state index contributed by atoms with van der Waals surface area (Å²) in [7, 11) is 0. The topological polar surface area (TPSA) is 58.3 Å². The van der Waals surface area contributed by atoms with E-state index in [0.29, 0.717) is 12.3 Å². The lowest BCUT2D eigenvalue weighted by Crippen LogP contribution is -2.08. The van der Waals surface area contributed by atoms with Crippen LogP contribution in [0.4, 0.5) is 5.69 Å². The van der Waals surface area contributed by atoms with E-state index in [9.17, 15) is 0 Å². The number of rotatable bonds is 4. The van der Waals surface area contributed by atoms with Gasteiger partial charge in [-0.3, -0.25) is 0 Å². The molecule has 0 unspecified atom stereocenters. The zero-order chi connectivity index (χ0) is 9.68. The van der Waals surface area contributed by atoms with Gasteiger partial charge in [-0.05, 0) is 43.7 Å². The van der Waals surface area contributed by atoms with Gasteiger partial charge < -0.3 is 16.2 Å². The Balaban J connectivity index is 2.56. The molecule has 1 rings (SSSR count). The summed E-state index contributed by atoms with van der Waals surface area (Å²) in [6.45, 7) is 3.54. The molecule has 1 aromatic carbocycles. The van der Waals surface area contributed by atoms with E-state index in [2.05, 4.69) is 5.32 Å². The third-order valence-corrected chi connectivity index (χ3v) is 1.91. The summed E-state index contributed by atoms with van der Waals surface area (Å²) in [6, 6.07) is 5.30. The molecule has 3 heteroatoms. The highest BCUT2D eigenvalue weighted by Crippen LogP contribution is 2.19. The predicted molar refractivity (Wildman–Crippen MR) is 55.0 cm³/mol. The fourth-order valence-corrected chi connectivity index (χ4v) is 1.17. The molecule has 0 saturated carbocycles. The van der Waals surface area contributed by atoms with Crippen LogP contribution in [0.3, 0.4) is 0 Å². The average Bonchev–Trinajstić information content (AvgIpc) is 2.09. The van der Waals surface area contributed by atoms with E-state index in [1.165, 1.54) is 0 Å². The fraction of sp³-hybridized carbons (Fsp3) is 0.400. The highest BCUT2D eigenvalue weighted by molar-refractivity contribution is 5.53. The van der Waals surface area contributed by atoms with Crippen LogP contribution in [0.5, 0.6) is 5.75 Å². The van der Waals surface area contributed by atoms with E-state index >= 15 is 0 Å². The van der Waals surface area contributed by atoms with Crippen molar-refractivity contribution in [3.63, 3.8) is 0 Å². The fourth-order valence-electron chi connectivity index (χ4n) is 1.17. The van der Waals surface area contributed by atoms with Gasteiger partial charge in [-0.15, -0.1) is 0 Å². The van der Waals surface area contributed by atoms with Crippen LogP contribution in [-0.2, 0) is 0 Å². The van der Waals surface area contributed by atoms with Crippen molar-refractivity contribution in [3.05, 3.63) is 23.8 Å². The van der Waals surface area contributed by atoms with E-state index in [1.54, 1.807) is 12.1 Å². The van der Waals surface area contributed by atoms with Crippen LogP contribution in [0.1, 0.15) is 12.0 Å². The molecule has 0 aliphatic rings. The Morgan fingerprint density at radius 3 is 2.85 bits per heavy atom. The number of phenols is 1. The quantitative estimate of drug-likeness (QED) is 0.485. The van der Waals surface area contributed by atoms with E-state index in [0.717, 1.165) is 24.2 Å². The third-order valence-electron chi connectivity index (χ3n) is 1.91. The van der Waals surface area contributed by atoms with Gasteiger partial charge >= 0.3 is 0 Å². The van der Waals surface area contributed by atoms with Gasteiger partial charge in [-0.25, -0.2) is 0 Å². The van der Waals surface area contributed by atoms with E-state index in [4.69, 9.17) is 10.8 Å². The number of hydrogen-bond acceptors (Lipinski definition) is 3. The molecule has 0 heterocycles. The van der Waals surface area contributed by atoms with Gasteiger partial charge in [-0.2, -0.15) is 0 Å². The molecule has 13 heavy (non-hydrogen) atoms. The van der Waals surface area contributed by atoms with Crippen LogP contribution < -0.4 is 11.1 Å². The van der Waals surface area contributed by atoms with E-state index < -0.39 is 0 Å². The van der Waals surface area contributed by atoms with Crippen LogP contribution in [0.25, 0.3) is 0 Å². The van der Waals surface area contributed by atoms with Gasteiger partial charge in [0.05, 0.1) is 0 Å². The summed E-state index contributed by atoms with van der Waals surface area (Å²) in [5.74, 6) is 0.307. The maximum atomic E-state index is 9.16. The smallest absolute Gasteiger partial charge is 0.115 e. The highest BCUT2D eigenvalue weighted by atomic mass is 16.3. The SMILES string of the molecule is Cc1cc(O)ccc1NCCCN. The van der Waals surface area contributed by atoms with Crippen molar-refractivity contribution < 1.29 is 5.11 Å². The molecule has 3 nitrogen and oxygen atoms in total. The van der Waals surface area contributed by atoms with Crippen molar-refractivity contribution in [2.24, 2.45) is 5.73 Å². The van der Waals surface area contributed by atoms with Gasteiger partial charge in [0.1, 0.15) is 5.75 Å². The van der Waals surface area contributed by atoms with Crippen molar-refractivity contribution >= 4 is 5.69 Å². The summed E-state index contributed by atoms with van der Waals surface area (Å²) in [5.41, 5.74) is 7.49. The normalized spacial score (nSPS) is 10.0. The average molecular weight is 180 g/mol. The Hall–Kier alpha value is -1.22. The number of hydrogen-bond donors (Lipinski definition) is 3. The first kappa shape index (κ1) is 9.86. The van der Waals surface area contributed by atoms with Crippen LogP contribution in [0, 0.1) is 6.92 Å². The minimum atomic E-state index is 0.307. The minimum Gasteiger partial charge on any atom is -0.508 e. The monoisotopic (exact) mass is 180 g/mol. The maximum absolute atomic E-state index is 9.16. The summed E-state index contributed by atoms with van der Waals surface area (Å²) in [6.07, 6.45) is 0.959. The number of nitrogens with one attached hydrogen (secondary N) is 1. The molecule has 0 saturated heterocycles. The number of anilines is 1. The molecule has 0 aromatic heterocycles. The lowest BCUT2D eigenvalue weighted by molar-refractivity contribution is 0.475. The summed E-state index contributed by atoms with van der Waals surface area (Å²) >= 11 is 0. The van der Waals surface area contributed by atoms with E-state index in [-0.39, 0.29) is 0 Å². The Labute approximate surface area is 78.6 Å². The van der Waals surface area contributed by atoms with Crippen molar-refractivity contribution in [2.75, 3.05) is 18.4 Å². The number of nitrogens with two attached hydrogens (primary N) is 1. The summed E-state index contributed by atoms with van der Waals surface area (Å²) in [4.78, 5) is 0. The lowest BCUT2D eigenvalue weighted by Gasteiger charge is -2.08. The van der Waals surface area contributed by atoms with Gasteiger partial charge in [-0.1, -0.05) is 0 Å². The Morgan fingerprint density at radius 1 is 1.46 bits per heavy atom. The molecule has 4 N–H and O–H groups in total. The zero-order valence-electron chi connectivity index (χ0n) is 7.88. The second kappa shape index (κ2) is 4.72. The highest BCUT2D eigenvalue weighted by Gasteiger charge is 1.97. The Morgan fingerprint density at radius 2 is 2.23 bits per heavy atom. The van der Waals surface area contributed by atoms with Gasteiger partial charge in [0.15, 0.2) is 0 Å². The number of aromatic hydroxyl groups is 1. The zero-order valence-corrected chi connectivity index (χ0v) is 7.88. The molecule has 0 atom stereocenters. The van der Waals surface area contributed by atoms with Crippen molar-refractivity contribution in [1.82, 2.24) is 0 Å². The van der Waals surface area contributed by atoms with Crippen LogP contribution in [0.2, 0.25) is 0 Å². The third kappa shape index (κ3) is 2.95. The van der Waals surface area contributed by atoms with Gasteiger partial charge in [0.2, 0.25) is 0 Å². The van der Waals surface area contributed by atoms with Crippen LogP contribution >= 0.6 is 0 Å². The molecule has 0 aliphatic carbocycles. The lowest BCUT2D eigenvalue weighted by atomic mass is 10.2. The molecule has 0 bridgehead atoms. The number of aryl methyl sites for hydroxylation is 1. The molecular formula is C10H16N2O. The first-order chi connectivity index (χ1) is 6.24. The molecular weight excluding hydrogens is 164 g/mol. The second-order valence-corrected chi connectivity index (χ2v) is 3.07. The van der Waals surface area contributed by atoms with Crippen molar-refractivity contribution in [1.29, 1.82) is 0 Å². The van der Waals surface area contributed by atoms with Crippen LogP contribution in [0.15, 0.2) is 18.2 Å². The molecule has 0 radical (unpaired) electrons. The molecule has 0 aliphatic heterocycles. The summed E-state index contributed by atoms with van der Waals surface area (Å²) in [5, 5.41) is 12.4. The largest absolute Gasteiger partial charge is 0.508 e. The number of phenolic OH excluding ortho intramolecular Hbond substituents is 1. The van der Waals surface area contributed by atoms with Crippen LogP contribution in [-0.4, -0.2) is 18.2 Å². The standard InChI is InChI=1S/C10H16N2O/c1-8-7-9(13)3-4-10(8)12-6-2-5-11/h3-4,7,12-13H,2,5-6,11H2,1H3. The van der Waals surface area contributed by atoms with E-state index in [1.807, 2.05) is 13.0 Å². The molecule has 0 spiro atoms. The van der Waals surface area contributed by atoms with Crippen molar-refractivity contribution in [2.45, 2.75) is 13.3 Å². The summed E-state index contributed by atoms with van der Waals surface area (Å²) < 4.78 is 0. The maximum Gasteiger partial charge on any atom is 0.115 e. The Bertz CT molecular complexity index is 274. The molecule has 0 fully saturated rings. The molecule has 72 valence electrons.